The van der Waals surface area contributed by atoms with Crippen molar-refractivity contribution >= 4 is 62.7 Å². The molecule has 0 bridgehead atoms. The summed E-state index contributed by atoms with van der Waals surface area (Å²) < 4.78 is 28.6. The molecule has 0 aliphatic rings. The van der Waals surface area contributed by atoms with Gasteiger partial charge in [-0.3, -0.25) is 10.7 Å². The van der Waals surface area contributed by atoms with E-state index in [1.54, 1.807) is 6.92 Å². The van der Waals surface area contributed by atoms with Crippen LogP contribution in [-0.2, 0) is 0 Å². The summed E-state index contributed by atoms with van der Waals surface area (Å²) in [6, 6.07) is 5.09. The molecule has 10 heteroatoms. The second-order valence-electron chi connectivity index (χ2n) is 5.63. The minimum Gasteiger partial charge on any atom is -0.355 e. The van der Waals surface area contributed by atoms with Crippen LogP contribution >= 0.6 is 34.2 Å². The van der Waals surface area contributed by atoms with E-state index in [1.807, 2.05) is 5.48 Å². The molecule has 3 aromatic rings. The van der Waals surface area contributed by atoms with Gasteiger partial charge in [0.25, 0.3) is 0 Å². The van der Waals surface area contributed by atoms with Crippen molar-refractivity contribution < 1.29 is 14.0 Å². The maximum Gasteiger partial charge on any atom is 0.201 e. The molecule has 0 radical (unpaired) electrons. The Morgan fingerprint density at radius 3 is 2.78 bits per heavy atom. The Balaban J connectivity index is 2.14. The molecule has 2 aromatic carbocycles. The molecular weight excluding hydrogens is 491 g/mol. The lowest BCUT2D eigenvalue weighted by Gasteiger charge is -2.09. The number of aryl methyl sites for hydroxylation is 1. The fourth-order valence-corrected chi connectivity index (χ4v) is 2.97. The number of imidazole rings is 1. The molecule has 1 heterocycles. The quantitative estimate of drug-likeness (QED) is 0.133. The molecule has 27 heavy (non-hydrogen) atoms. The van der Waals surface area contributed by atoms with Crippen LogP contribution in [-0.4, -0.2) is 32.0 Å². The molecule has 142 valence electrons. The number of rotatable bonds is 5. The van der Waals surface area contributed by atoms with E-state index in [1.165, 1.54) is 18.2 Å². The molecule has 0 atom stereocenters. The number of aliphatic imine (C=N–C) groups is 1. The second kappa shape index (κ2) is 8.36. The molecule has 0 spiro atoms. The predicted molar refractivity (Wildman–Crippen MR) is 111 cm³/mol. The van der Waals surface area contributed by atoms with E-state index < -0.39 is 11.6 Å². The first-order chi connectivity index (χ1) is 12.9. The van der Waals surface area contributed by atoms with Crippen molar-refractivity contribution in [2.24, 2.45) is 4.99 Å². The predicted octanol–water partition coefficient (Wildman–Crippen LogP) is 4.71. The van der Waals surface area contributed by atoms with E-state index in [0.717, 1.165) is 10.5 Å². The summed E-state index contributed by atoms with van der Waals surface area (Å²) in [6.07, 6.45) is 0. The third-order valence-electron chi connectivity index (χ3n) is 3.85. The number of anilines is 1. The molecule has 1 aromatic heterocycles. The molecular formula is C17H15ClF2IN5O. The number of amidine groups is 1. The SMILES string of the molecule is Cc1c(F)cc(C(=Nc2ccc(F)c(Cl)c2)NO)c2[nH]c(NCCI)nc12. The number of hydrogen-bond acceptors (Lipinski definition) is 4. The third-order valence-corrected chi connectivity index (χ3v) is 4.68. The summed E-state index contributed by atoms with van der Waals surface area (Å²) in [4.78, 5) is 11.7. The van der Waals surface area contributed by atoms with Crippen LogP contribution in [0.2, 0.25) is 5.02 Å². The highest BCUT2D eigenvalue weighted by molar-refractivity contribution is 14.1. The van der Waals surface area contributed by atoms with Gasteiger partial charge in [-0.25, -0.2) is 18.8 Å². The lowest BCUT2D eigenvalue weighted by Crippen LogP contribution is -2.21. The van der Waals surface area contributed by atoms with Crippen LogP contribution in [0.3, 0.4) is 0 Å². The lowest BCUT2D eigenvalue weighted by molar-refractivity contribution is 0.235. The van der Waals surface area contributed by atoms with Gasteiger partial charge < -0.3 is 10.3 Å². The average molecular weight is 506 g/mol. The van der Waals surface area contributed by atoms with Crippen LogP contribution < -0.4 is 10.8 Å². The Hall–Kier alpha value is -1.98. The van der Waals surface area contributed by atoms with E-state index in [4.69, 9.17) is 11.6 Å². The number of benzene rings is 2. The highest BCUT2D eigenvalue weighted by atomic mass is 127. The Morgan fingerprint density at radius 2 is 2.11 bits per heavy atom. The Labute approximate surface area is 172 Å². The van der Waals surface area contributed by atoms with Gasteiger partial charge in [-0.05, 0) is 31.2 Å². The van der Waals surface area contributed by atoms with E-state index >= 15 is 0 Å². The van der Waals surface area contributed by atoms with Gasteiger partial charge in [-0.2, -0.15) is 0 Å². The third kappa shape index (κ3) is 4.14. The Kier molecular flexibility index (Phi) is 6.12. The number of nitrogens with zero attached hydrogens (tertiary/aromatic N) is 2. The minimum absolute atomic E-state index is 0.0364. The van der Waals surface area contributed by atoms with Gasteiger partial charge in [0.1, 0.15) is 11.6 Å². The minimum atomic E-state index is -0.586. The molecule has 0 fully saturated rings. The van der Waals surface area contributed by atoms with Crippen LogP contribution in [0.5, 0.6) is 0 Å². The summed E-state index contributed by atoms with van der Waals surface area (Å²) in [6.45, 7) is 2.30. The molecule has 0 amide bonds. The first-order valence-electron chi connectivity index (χ1n) is 7.87. The van der Waals surface area contributed by atoms with E-state index in [0.29, 0.717) is 29.1 Å². The number of hydroxylamine groups is 1. The van der Waals surface area contributed by atoms with Crippen molar-refractivity contribution in [3.8, 4) is 0 Å². The first kappa shape index (κ1) is 19.8. The fraction of sp³-hybridized carbons (Fsp3) is 0.176. The molecule has 0 aliphatic carbocycles. The zero-order valence-electron chi connectivity index (χ0n) is 14.1. The molecule has 6 nitrogen and oxygen atoms in total. The first-order valence-corrected chi connectivity index (χ1v) is 9.77. The van der Waals surface area contributed by atoms with Crippen LogP contribution in [0, 0.1) is 18.6 Å². The van der Waals surface area contributed by atoms with Gasteiger partial charge in [0.05, 0.1) is 21.7 Å². The number of fused-ring (bicyclic) bond motifs is 1. The highest BCUT2D eigenvalue weighted by Crippen LogP contribution is 2.27. The lowest BCUT2D eigenvalue weighted by atomic mass is 10.1. The summed E-state index contributed by atoms with van der Waals surface area (Å²) in [5, 5.41) is 12.6. The molecule has 0 unspecified atom stereocenters. The maximum absolute atomic E-state index is 14.4. The van der Waals surface area contributed by atoms with Gasteiger partial charge in [0.15, 0.2) is 5.84 Å². The number of aromatic nitrogens is 2. The smallest absolute Gasteiger partial charge is 0.201 e. The van der Waals surface area contributed by atoms with Crippen molar-refractivity contribution in [3.63, 3.8) is 0 Å². The van der Waals surface area contributed by atoms with Gasteiger partial charge >= 0.3 is 0 Å². The molecule has 0 saturated heterocycles. The van der Waals surface area contributed by atoms with Crippen molar-refractivity contribution in [1.29, 1.82) is 0 Å². The largest absolute Gasteiger partial charge is 0.355 e. The van der Waals surface area contributed by atoms with Crippen molar-refractivity contribution in [2.45, 2.75) is 6.92 Å². The Bertz CT molecular complexity index is 1020. The van der Waals surface area contributed by atoms with Gasteiger partial charge in [0.2, 0.25) is 5.95 Å². The Morgan fingerprint density at radius 1 is 1.33 bits per heavy atom. The summed E-state index contributed by atoms with van der Waals surface area (Å²) in [7, 11) is 0. The van der Waals surface area contributed by atoms with Crippen molar-refractivity contribution in [1.82, 2.24) is 15.4 Å². The molecule has 0 saturated carbocycles. The number of halogens is 4. The summed E-state index contributed by atoms with van der Waals surface area (Å²) in [5.74, 6) is -0.633. The molecule has 0 aliphatic heterocycles. The normalized spacial score (nSPS) is 11.9. The van der Waals surface area contributed by atoms with E-state index in [9.17, 15) is 14.0 Å². The van der Waals surface area contributed by atoms with E-state index in [-0.39, 0.29) is 22.1 Å². The number of nitrogens with one attached hydrogen (secondary N) is 3. The van der Waals surface area contributed by atoms with Crippen LogP contribution in [0.1, 0.15) is 11.1 Å². The monoisotopic (exact) mass is 505 g/mol. The van der Waals surface area contributed by atoms with Gasteiger partial charge in [-0.1, -0.05) is 34.2 Å². The highest BCUT2D eigenvalue weighted by Gasteiger charge is 2.18. The standard InChI is InChI=1S/C17H15ClF2IN5O/c1-8-13(20)7-10(15-14(8)24-17(25-15)22-5-4-21)16(26-27)23-9-2-3-12(19)11(18)6-9/h2-3,6-7,27H,4-5H2,1H3,(H,23,26)(H2,22,24,25). The van der Waals surface area contributed by atoms with Gasteiger partial charge in [0, 0.05) is 22.1 Å². The number of aromatic amines is 1. The fourth-order valence-electron chi connectivity index (χ4n) is 2.53. The number of alkyl halides is 1. The van der Waals surface area contributed by atoms with Crippen molar-refractivity contribution in [3.05, 3.63) is 52.0 Å². The van der Waals surface area contributed by atoms with Crippen LogP contribution in [0.15, 0.2) is 29.3 Å². The number of hydrogen-bond donors (Lipinski definition) is 4. The maximum atomic E-state index is 14.4. The topological polar surface area (TPSA) is 85.3 Å². The van der Waals surface area contributed by atoms with Crippen LogP contribution in [0.4, 0.5) is 20.4 Å². The van der Waals surface area contributed by atoms with E-state index in [2.05, 4.69) is 42.9 Å². The zero-order valence-corrected chi connectivity index (χ0v) is 17.0. The molecule has 3 rings (SSSR count). The molecule has 4 N–H and O–H groups in total. The summed E-state index contributed by atoms with van der Waals surface area (Å²) in [5.41, 5.74) is 3.81. The summed E-state index contributed by atoms with van der Waals surface area (Å²) >= 11 is 7.99. The van der Waals surface area contributed by atoms with Crippen molar-refractivity contribution in [2.75, 3.05) is 16.3 Å². The average Bonchev–Trinajstić information content (AvgIpc) is 3.08. The van der Waals surface area contributed by atoms with Gasteiger partial charge in [-0.15, -0.1) is 0 Å². The zero-order chi connectivity index (χ0) is 19.6. The van der Waals surface area contributed by atoms with Crippen LogP contribution in [0.25, 0.3) is 11.0 Å². The number of H-pyrrole nitrogens is 1. The second-order valence-corrected chi connectivity index (χ2v) is 7.11.